The van der Waals surface area contributed by atoms with Crippen molar-refractivity contribution in [1.82, 2.24) is 24.7 Å². The van der Waals surface area contributed by atoms with Gasteiger partial charge in [-0.3, -0.25) is 14.6 Å². The van der Waals surface area contributed by atoms with E-state index < -0.39 is 0 Å². The molecule has 152 valence electrons. The van der Waals surface area contributed by atoms with E-state index in [9.17, 15) is 4.79 Å². The van der Waals surface area contributed by atoms with Crippen LogP contribution in [-0.4, -0.2) is 89.0 Å². The van der Waals surface area contributed by atoms with E-state index in [0.29, 0.717) is 6.54 Å². The normalized spacial score (nSPS) is 24.3. The van der Waals surface area contributed by atoms with Crippen LogP contribution < -0.4 is 4.90 Å². The van der Waals surface area contributed by atoms with Gasteiger partial charge in [0.05, 0.1) is 12.2 Å². The van der Waals surface area contributed by atoms with Crippen LogP contribution in [0.4, 0.5) is 5.95 Å². The number of hydrogen-bond donors (Lipinski definition) is 0. The van der Waals surface area contributed by atoms with Gasteiger partial charge in [-0.2, -0.15) is 0 Å². The van der Waals surface area contributed by atoms with Crippen molar-refractivity contribution in [3.63, 3.8) is 0 Å². The molecule has 2 saturated heterocycles. The molecule has 0 atom stereocenters. The minimum Gasteiger partial charge on any atom is -0.341 e. The van der Waals surface area contributed by atoms with Gasteiger partial charge in [-0.25, -0.2) is 9.97 Å². The van der Waals surface area contributed by atoms with Crippen LogP contribution in [0.2, 0.25) is 0 Å². The number of carbonyl (C=O) groups is 1. The van der Waals surface area contributed by atoms with Crippen molar-refractivity contribution in [2.75, 3.05) is 57.3 Å². The molecule has 1 aromatic rings. The summed E-state index contributed by atoms with van der Waals surface area (Å²) < 4.78 is 0. The lowest BCUT2D eigenvalue weighted by molar-refractivity contribution is -0.135. The lowest BCUT2D eigenvalue weighted by Crippen LogP contribution is -2.55. The van der Waals surface area contributed by atoms with Crippen molar-refractivity contribution in [1.29, 1.82) is 0 Å². The van der Waals surface area contributed by atoms with Crippen LogP contribution in [0.25, 0.3) is 0 Å². The summed E-state index contributed by atoms with van der Waals surface area (Å²) in [5.41, 5.74) is 2.37. The molecule has 5 rings (SSSR count). The molecule has 7 heteroatoms. The van der Waals surface area contributed by atoms with Crippen LogP contribution in [0, 0.1) is 0 Å². The molecule has 0 bridgehead atoms. The zero-order chi connectivity index (χ0) is 18.9. The molecule has 7 nitrogen and oxygen atoms in total. The first-order valence-corrected chi connectivity index (χ1v) is 11.1. The van der Waals surface area contributed by atoms with Gasteiger partial charge in [0.15, 0.2) is 0 Å². The summed E-state index contributed by atoms with van der Waals surface area (Å²) in [7, 11) is 0. The number of carbonyl (C=O) groups excluding carboxylic acids is 1. The molecule has 4 heterocycles. The number of rotatable bonds is 4. The fourth-order valence-corrected chi connectivity index (χ4v) is 4.95. The number of aromatic nitrogens is 2. The van der Waals surface area contributed by atoms with E-state index in [1.807, 2.05) is 6.20 Å². The monoisotopic (exact) mass is 384 g/mol. The molecular formula is C21H32N6O. The number of fused-ring (bicyclic) bond motifs is 1. The van der Waals surface area contributed by atoms with E-state index >= 15 is 0 Å². The van der Waals surface area contributed by atoms with Crippen LogP contribution in [-0.2, 0) is 17.8 Å². The third-order valence-electron chi connectivity index (χ3n) is 7.01. The van der Waals surface area contributed by atoms with E-state index in [1.54, 1.807) is 0 Å². The molecule has 3 aliphatic heterocycles. The van der Waals surface area contributed by atoms with Gasteiger partial charge < -0.3 is 9.80 Å². The fourth-order valence-electron chi connectivity index (χ4n) is 4.95. The average molecular weight is 385 g/mol. The Balaban J connectivity index is 1.14. The topological polar surface area (TPSA) is 55.8 Å². The molecule has 28 heavy (non-hydrogen) atoms. The second-order valence-electron chi connectivity index (χ2n) is 8.80. The molecule has 4 aliphatic rings. The van der Waals surface area contributed by atoms with Crippen molar-refractivity contribution < 1.29 is 4.79 Å². The first-order chi connectivity index (χ1) is 13.8. The summed E-state index contributed by atoms with van der Waals surface area (Å²) in [6, 6.07) is 0.793. The Morgan fingerprint density at radius 2 is 1.79 bits per heavy atom. The second-order valence-corrected chi connectivity index (χ2v) is 8.80. The molecule has 0 aromatic carbocycles. The molecule has 1 aliphatic carbocycles. The van der Waals surface area contributed by atoms with Gasteiger partial charge in [-0.05, 0) is 25.7 Å². The summed E-state index contributed by atoms with van der Waals surface area (Å²) in [5.74, 6) is 1.18. The number of piperazine rings is 1. The zero-order valence-corrected chi connectivity index (χ0v) is 16.9. The predicted molar refractivity (Wildman–Crippen MR) is 108 cm³/mol. The molecule has 1 amide bonds. The molecule has 3 fully saturated rings. The van der Waals surface area contributed by atoms with Gasteiger partial charge in [0.2, 0.25) is 11.9 Å². The molecule has 0 unspecified atom stereocenters. The van der Waals surface area contributed by atoms with E-state index in [4.69, 9.17) is 4.98 Å². The number of nitrogens with zero attached hydrogens (tertiary/aromatic N) is 6. The smallest absolute Gasteiger partial charge is 0.236 e. The summed E-state index contributed by atoms with van der Waals surface area (Å²) in [5, 5.41) is 0. The Morgan fingerprint density at radius 3 is 2.50 bits per heavy atom. The maximum atomic E-state index is 12.8. The van der Waals surface area contributed by atoms with Gasteiger partial charge in [-0.15, -0.1) is 0 Å². The van der Waals surface area contributed by atoms with Crippen LogP contribution in [0.3, 0.4) is 0 Å². The van der Waals surface area contributed by atoms with Gasteiger partial charge in [0.1, 0.15) is 0 Å². The van der Waals surface area contributed by atoms with E-state index in [0.717, 1.165) is 70.8 Å². The van der Waals surface area contributed by atoms with E-state index in [-0.39, 0.29) is 5.91 Å². The molecular weight excluding hydrogens is 352 g/mol. The summed E-state index contributed by atoms with van der Waals surface area (Å²) in [4.78, 5) is 31.4. The van der Waals surface area contributed by atoms with Crippen molar-refractivity contribution in [3.05, 3.63) is 17.5 Å². The van der Waals surface area contributed by atoms with Crippen LogP contribution in [0.5, 0.6) is 0 Å². The van der Waals surface area contributed by atoms with Crippen LogP contribution in [0.1, 0.15) is 43.4 Å². The highest BCUT2D eigenvalue weighted by Crippen LogP contribution is 2.26. The first-order valence-electron chi connectivity index (χ1n) is 11.1. The Kier molecular flexibility index (Phi) is 5.20. The lowest BCUT2D eigenvalue weighted by atomic mass is 9.91. The minimum absolute atomic E-state index is 0.284. The quantitative estimate of drug-likeness (QED) is 0.776. The van der Waals surface area contributed by atoms with Crippen LogP contribution in [0.15, 0.2) is 6.20 Å². The Bertz CT molecular complexity index is 707. The third-order valence-corrected chi connectivity index (χ3v) is 7.01. The van der Waals surface area contributed by atoms with Gasteiger partial charge >= 0.3 is 0 Å². The SMILES string of the molecule is O=C(CN1CCc2nc(N3CCCC3)ncc2C1)N1CCN(C2CCC2)CC1. The number of hydrogen-bond acceptors (Lipinski definition) is 6. The van der Waals surface area contributed by atoms with Gasteiger partial charge in [-0.1, -0.05) is 6.42 Å². The summed E-state index contributed by atoms with van der Waals surface area (Å²) in [6.07, 6.45) is 9.47. The summed E-state index contributed by atoms with van der Waals surface area (Å²) >= 11 is 0. The number of amides is 1. The molecule has 1 aromatic heterocycles. The maximum absolute atomic E-state index is 12.8. The lowest BCUT2D eigenvalue weighted by Gasteiger charge is -2.43. The largest absolute Gasteiger partial charge is 0.341 e. The third kappa shape index (κ3) is 3.74. The predicted octanol–water partition coefficient (Wildman–Crippen LogP) is 1.13. The fraction of sp³-hybridized carbons (Fsp3) is 0.762. The standard InChI is InChI=1S/C21H32N6O/c28-20(26-12-10-25(11-13-26)18-4-3-5-18)16-24-9-6-19-17(15-24)14-22-21(23-19)27-7-1-2-8-27/h14,18H,1-13,15-16H2. The maximum Gasteiger partial charge on any atom is 0.236 e. The number of anilines is 1. The van der Waals surface area contributed by atoms with Gasteiger partial charge in [0.25, 0.3) is 0 Å². The van der Waals surface area contributed by atoms with Gasteiger partial charge in [0, 0.05) is 76.6 Å². The second kappa shape index (κ2) is 7.95. The highest BCUT2D eigenvalue weighted by Gasteiger charge is 2.30. The first kappa shape index (κ1) is 18.3. The van der Waals surface area contributed by atoms with Crippen molar-refractivity contribution >= 4 is 11.9 Å². The Hall–Kier alpha value is -1.73. The minimum atomic E-state index is 0.284. The Labute approximate surface area is 167 Å². The highest BCUT2D eigenvalue weighted by atomic mass is 16.2. The molecule has 0 N–H and O–H groups in total. The molecule has 0 spiro atoms. The summed E-state index contributed by atoms with van der Waals surface area (Å²) in [6.45, 7) is 8.26. The molecule has 1 saturated carbocycles. The van der Waals surface area contributed by atoms with Crippen molar-refractivity contribution in [2.24, 2.45) is 0 Å². The molecule has 0 radical (unpaired) electrons. The van der Waals surface area contributed by atoms with Crippen molar-refractivity contribution in [2.45, 2.75) is 51.1 Å². The van der Waals surface area contributed by atoms with Crippen molar-refractivity contribution in [3.8, 4) is 0 Å². The van der Waals surface area contributed by atoms with Crippen LogP contribution >= 0.6 is 0 Å². The zero-order valence-electron chi connectivity index (χ0n) is 16.9. The van der Waals surface area contributed by atoms with E-state index in [1.165, 1.54) is 43.4 Å². The highest BCUT2D eigenvalue weighted by molar-refractivity contribution is 5.78. The average Bonchev–Trinajstić information content (AvgIpc) is 3.21. The Morgan fingerprint density at radius 1 is 1.00 bits per heavy atom. The van der Waals surface area contributed by atoms with E-state index in [2.05, 4.69) is 24.6 Å².